The van der Waals surface area contributed by atoms with Crippen molar-refractivity contribution in [3.05, 3.63) is 28.1 Å². The summed E-state index contributed by atoms with van der Waals surface area (Å²) in [7, 11) is -0.351. The first-order valence-corrected chi connectivity index (χ1v) is 10.6. The third-order valence-corrected chi connectivity index (χ3v) is 7.39. The lowest BCUT2D eigenvalue weighted by Gasteiger charge is -2.34. The van der Waals surface area contributed by atoms with E-state index in [4.69, 9.17) is 9.41 Å². The van der Waals surface area contributed by atoms with E-state index in [9.17, 15) is 0 Å². The highest BCUT2D eigenvalue weighted by atomic mass is 127. The fourth-order valence-corrected chi connectivity index (χ4v) is 4.88. The summed E-state index contributed by atoms with van der Waals surface area (Å²) in [4.78, 5) is 9.00. The number of hydrogen-bond donors (Lipinski definition) is 0. The molecule has 0 spiro atoms. The van der Waals surface area contributed by atoms with Gasteiger partial charge in [-0.1, -0.05) is 20.8 Å². The molecule has 2 aromatic rings. The van der Waals surface area contributed by atoms with Crippen LogP contribution in [-0.2, 0) is 4.43 Å². The molecule has 0 saturated heterocycles. The van der Waals surface area contributed by atoms with Crippen molar-refractivity contribution in [1.82, 2.24) is 14.4 Å². The molecule has 0 aliphatic heterocycles. The van der Waals surface area contributed by atoms with E-state index in [2.05, 4.69) is 52.7 Å². The Kier molecular flexibility index (Phi) is 4.89. The van der Waals surface area contributed by atoms with Gasteiger partial charge in [0.15, 0.2) is 13.6 Å². The fourth-order valence-electron chi connectivity index (χ4n) is 2.95. The maximum absolute atomic E-state index is 5.99. The Balaban J connectivity index is 1.51. The van der Waals surface area contributed by atoms with Gasteiger partial charge in [0.1, 0.15) is 0 Å². The van der Waals surface area contributed by atoms with Gasteiger partial charge < -0.3 is 4.43 Å². The Morgan fingerprint density at radius 3 is 2.91 bits per heavy atom. The van der Waals surface area contributed by atoms with Gasteiger partial charge in [-0.25, -0.2) is 4.98 Å². The van der Waals surface area contributed by atoms with Gasteiger partial charge in [-0.2, -0.15) is 0 Å². The largest absolute Gasteiger partial charge is 0.424 e. The van der Waals surface area contributed by atoms with Crippen LogP contribution in [-0.4, -0.2) is 30.7 Å². The highest BCUT2D eigenvalue weighted by molar-refractivity contribution is 14.1. The Labute approximate surface area is 148 Å². The number of halogens is 1. The van der Waals surface area contributed by atoms with Gasteiger partial charge in [0.05, 0.1) is 17.4 Å². The first kappa shape index (κ1) is 16.4. The summed E-state index contributed by atoms with van der Waals surface area (Å²) >= 11 is 2.30. The van der Waals surface area contributed by atoms with Gasteiger partial charge in [0.25, 0.3) is 0 Å². The number of aromatic nitrogens is 3. The molecule has 6 heteroatoms. The molecule has 120 valence electrons. The van der Waals surface area contributed by atoms with Crippen molar-refractivity contribution in [2.75, 3.05) is 6.61 Å². The van der Waals surface area contributed by atoms with Crippen molar-refractivity contribution in [1.29, 1.82) is 0 Å². The van der Waals surface area contributed by atoms with Crippen molar-refractivity contribution in [2.45, 2.75) is 45.6 Å². The first-order valence-electron chi connectivity index (χ1n) is 7.99. The van der Waals surface area contributed by atoms with Gasteiger partial charge in [0, 0.05) is 47.5 Å². The first-order chi connectivity index (χ1) is 10.4. The lowest BCUT2D eigenvalue weighted by Crippen LogP contribution is -2.27. The minimum atomic E-state index is -0.351. The Bertz CT molecular complexity index is 646. The molecule has 3 rings (SSSR count). The van der Waals surface area contributed by atoms with Crippen LogP contribution in [0.15, 0.2) is 18.6 Å². The van der Waals surface area contributed by atoms with E-state index >= 15 is 0 Å². The second-order valence-electron chi connectivity index (χ2n) is 7.52. The minimum Gasteiger partial charge on any atom is -0.424 e. The molecule has 0 aromatic carbocycles. The quantitative estimate of drug-likeness (QED) is 0.416. The monoisotopic (exact) mass is 429 g/mol. The number of fused-ring (bicyclic) bond motifs is 1. The standard InChI is InChI=1S/C16H24IN3OSi/c1-16(2,3)10-22-21-9-11-6-12(7-11)14-13-8-18-4-5-20(13)15(17)19-14/h4-5,8,11-12H,6-7,9-10,22H2,1-3H3. The van der Waals surface area contributed by atoms with Crippen LogP contribution in [0.3, 0.4) is 0 Å². The lowest BCUT2D eigenvalue weighted by atomic mass is 9.73. The summed E-state index contributed by atoms with van der Waals surface area (Å²) in [5.41, 5.74) is 2.81. The number of imidazole rings is 1. The molecule has 0 bridgehead atoms. The van der Waals surface area contributed by atoms with E-state index in [0.717, 1.165) is 16.4 Å². The molecular formula is C16H24IN3OSi. The molecule has 1 fully saturated rings. The summed E-state index contributed by atoms with van der Waals surface area (Å²) in [5.74, 6) is 1.31. The molecule has 1 aliphatic carbocycles. The number of hydrogen-bond acceptors (Lipinski definition) is 3. The molecule has 0 N–H and O–H groups in total. The number of nitrogens with zero attached hydrogens (tertiary/aromatic N) is 3. The van der Waals surface area contributed by atoms with Crippen molar-refractivity contribution in [3.63, 3.8) is 0 Å². The Hall–Kier alpha value is -0.473. The molecule has 1 aliphatic rings. The van der Waals surface area contributed by atoms with Crippen LogP contribution in [0.5, 0.6) is 0 Å². The molecule has 4 nitrogen and oxygen atoms in total. The molecule has 0 unspecified atom stereocenters. The van der Waals surface area contributed by atoms with Crippen LogP contribution >= 0.6 is 22.6 Å². The zero-order valence-corrected chi connectivity index (χ0v) is 17.1. The summed E-state index contributed by atoms with van der Waals surface area (Å²) in [6, 6.07) is 1.26. The predicted molar refractivity (Wildman–Crippen MR) is 99.9 cm³/mol. The van der Waals surface area contributed by atoms with Crippen LogP contribution in [0.25, 0.3) is 5.52 Å². The summed E-state index contributed by atoms with van der Waals surface area (Å²) in [6.45, 7) is 7.84. The van der Waals surface area contributed by atoms with Gasteiger partial charge in [0.2, 0.25) is 0 Å². The molecule has 0 radical (unpaired) electrons. The zero-order chi connectivity index (χ0) is 15.7. The normalized spacial score (nSPS) is 22.5. The van der Waals surface area contributed by atoms with E-state index in [1.54, 1.807) is 0 Å². The van der Waals surface area contributed by atoms with E-state index in [1.165, 1.54) is 30.1 Å². The molecule has 0 amide bonds. The SMILES string of the molecule is CC(C)(C)C[SiH2]OCC1CC(c2nc(I)n3ccncc23)C1. The van der Waals surface area contributed by atoms with Crippen molar-refractivity contribution < 1.29 is 4.43 Å². The van der Waals surface area contributed by atoms with Crippen LogP contribution in [0, 0.1) is 15.2 Å². The van der Waals surface area contributed by atoms with E-state index in [0.29, 0.717) is 11.3 Å². The topological polar surface area (TPSA) is 39.4 Å². The van der Waals surface area contributed by atoms with Crippen molar-refractivity contribution >= 4 is 37.9 Å². The van der Waals surface area contributed by atoms with Crippen LogP contribution in [0.2, 0.25) is 6.04 Å². The maximum Gasteiger partial charge on any atom is 0.176 e. The van der Waals surface area contributed by atoms with E-state index in [-0.39, 0.29) is 9.76 Å². The molecule has 0 atom stereocenters. The zero-order valence-electron chi connectivity index (χ0n) is 13.6. The average molecular weight is 429 g/mol. The van der Waals surface area contributed by atoms with Gasteiger partial charge >= 0.3 is 0 Å². The molecular weight excluding hydrogens is 405 g/mol. The van der Waals surface area contributed by atoms with E-state index < -0.39 is 0 Å². The van der Waals surface area contributed by atoms with Crippen LogP contribution in [0.1, 0.15) is 45.2 Å². The number of rotatable bonds is 5. The van der Waals surface area contributed by atoms with E-state index in [1.807, 2.05) is 18.6 Å². The molecule has 2 heterocycles. The van der Waals surface area contributed by atoms with Crippen LogP contribution in [0.4, 0.5) is 0 Å². The third-order valence-electron chi connectivity index (χ3n) is 4.40. The summed E-state index contributed by atoms with van der Waals surface area (Å²) in [5, 5.41) is 0. The highest BCUT2D eigenvalue weighted by Gasteiger charge is 2.33. The Morgan fingerprint density at radius 2 is 2.18 bits per heavy atom. The smallest absolute Gasteiger partial charge is 0.176 e. The summed E-state index contributed by atoms with van der Waals surface area (Å²) < 4.78 is 9.15. The molecule has 22 heavy (non-hydrogen) atoms. The second-order valence-corrected chi connectivity index (χ2v) is 9.80. The Morgan fingerprint density at radius 1 is 1.41 bits per heavy atom. The highest BCUT2D eigenvalue weighted by Crippen LogP contribution is 2.42. The average Bonchev–Trinajstić information content (AvgIpc) is 2.73. The summed E-state index contributed by atoms with van der Waals surface area (Å²) in [6.07, 6.45) is 8.16. The third kappa shape index (κ3) is 3.71. The van der Waals surface area contributed by atoms with Crippen molar-refractivity contribution in [3.8, 4) is 0 Å². The van der Waals surface area contributed by atoms with Gasteiger partial charge in [-0.3, -0.25) is 9.38 Å². The van der Waals surface area contributed by atoms with Crippen LogP contribution < -0.4 is 0 Å². The minimum absolute atomic E-state index is 0.351. The second kappa shape index (κ2) is 6.57. The van der Waals surface area contributed by atoms with Gasteiger partial charge in [-0.05, 0) is 30.2 Å². The molecule has 1 saturated carbocycles. The van der Waals surface area contributed by atoms with Crippen molar-refractivity contribution in [2.24, 2.45) is 11.3 Å². The maximum atomic E-state index is 5.99. The fraction of sp³-hybridized carbons (Fsp3) is 0.625. The van der Waals surface area contributed by atoms with Gasteiger partial charge in [-0.15, -0.1) is 0 Å². The lowest BCUT2D eigenvalue weighted by molar-refractivity contribution is 0.159. The predicted octanol–water partition coefficient (Wildman–Crippen LogP) is 3.39. The molecule has 2 aromatic heterocycles.